The zero-order valence-electron chi connectivity index (χ0n) is 22.8. The molecule has 0 aliphatic carbocycles. The van der Waals surface area contributed by atoms with Crippen LogP contribution in [-0.4, -0.2) is 65.1 Å². The van der Waals surface area contributed by atoms with E-state index in [1.807, 2.05) is 36.4 Å². The number of benzene rings is 3. The summed E-state index contributed by atoms with van der Waals surface area (Å²) in [7, 11) is 0. The van der Waals surface area contributed by atoms with Gasteiger partial charge in [0, 0.05) is 34.4 Å². The van der Waals surface area contributed by atoms with Gasteiger partial charge in [-0.05, 0) is 58.6 Å². The normalized spacial score (nSPS) is 17.7. The fourth-order valence-corrected chi connectivity index (χ4v) is 4.94. The highest BCUT2D eigenvalue weighted by Crippen LogP contribution is 2.44. The highest BCUT2D eigenvalue weighted by Gasteiger charge is 2.54. The Morgan fingerprint density at radius 3 is 2.48 bits per heavy atom. The molecular formula is C30H32BrN5O6. The van der Waals surface area contributed by atoms with Gasteiger partial charge in [-0.25, -0.2) is 4.99 Å². The largest absolute Gasteiger partial charge is 0.494 e. The highest BCUT2D eigenvalue weighted by atomic mass is 79.9. The Balaban J connectivity index is 1.84. The Hall–Kier alpha value is -3.93. The third-order valence-electron chi connectivity index (χ3n) is 6.83. The minimum absolute atomic E-state index is 0.0290. The van der Waals surface area contributed by atoms with Crippen molar-refractivity contribution in [1.82, 2.24) is 5.32 Å². The molecule has 3 aromatic carbocycles. The molecule has 0 saturated heterocycles. The zero-order valence-corrected chi connectivity index (χ0v) is 24.4. The predicted molar refractivity (Wildman–Crippen MR) is 160 cm³/mol. The number of hydrogen-bond acceptors (Lipinski definition) is 8. The number of nitrogens with one attached hydrogen (secondary N) is 1. The monoisotopic (exact) mass is 637 g/mol. The van der Waals surface area contributed by atoms with E-state index in [9.17, 15) is 15.0 Å². The third kappa shape index (κ3) is 7.28. The van der Waals surface area contributed by atoms with Gasteiger partial charge in [0.05, 0.1) is 32.4 Å². The first kappa shape index (κ1) is 31.0. The number of carbonyl (C=O) groups excluding carboxylic acids is 1. The molecule has 42 heavy (non-hydrogen) atoms. The molecule has 1 amide bonds. The summed E-state index contributed by atoms with van der Waals surface area (Å²) in [6.07, 6.45) is -0.313. The number of azide groups is 1. The summed E-state index contributed by atoms with van der Waals surface area (Å²) in [6.45, 7) is -0.507. The summed E-state index contributed by atoms with van der Waals surface area (Å²) in [5, 5.41) is 35.0. The van der Waals surface area contributed by atoms with Crippen molar-refractivity contribution in [2.45, 2.75) is 37.1 Å². The topological polar surface area (TPSA) is 169 Å². The van der Waals surface area contributed by atoms with Crippen LogP contribution in [0.5, 0.6) is 5.75 Å². The van der Waals surface area contributed by atoms with Crippen LogP contribution in [0.3, 0.4) is 0 Å². The van der Waals surface area contributed by atoms with Crippen molar-refractivity contribution < 1.29 is 29.6 Å². The molecule has 0 radical (unpaired) electrons. The zero-order chi connectivity index (χ0) is 30.0. The van der Waals surface area contributed by atoms with Crippen LogP contribution in [0.2, 0.25) is 0 Å². The maximum Gasteiger partial charge on any atom is 0.253 e. The Labute approximate surface area is 251 Å². The molecule has 2 atom stereocenters. The van der Waals surface area contributed by atoms with Crippen molar-refractivity contribution >= 4 is 27.7 Å². The lowest BCUT2D eigenvalue weighted by Crippen LogP contribution is -2.54. The SMILES string of the molecule is [N-]=[N+]=NCc1ccccc1[C@H]1OC(c2ccc(OCCCO)cc2)=N[C@@]1(Cc1ccc(Br)cc1)C(=O)NC(CO)CO. The molecule has 12 heteroatoms. The lowest BCUT2D eigenvalue weighted by atomic mass is 9.80. The third-order valence-corrected chi connectivity index (χ3v) is 7.36. The number of amides is 1. The maximum atomic E-state index is 14.2. The van der Waals surface area contributed by atoms with E-state index in [4.69, 9.17) is 25.1 Å². The summed E-state index contributed by atoms with van der Waals surface area (Å²) >= 11 is 3.45. The van der Waals surface area contributed by atoms with Gasteiger partial charge in [0.25, 0.3) is 5.91 Å². The molecule has 1 aliphatic heterocycles. The lowest BCUT2D eigenvalue weighted by Gasteiger charge is -2.33. The number of halogens is 1. The first-order valence-corrected chi connectivity index (χ1v) is 14.2. The predicted octanol–water partition coefficient (Wildman–Crippen LogP) is 3.99. The van der Waals surface area contributed by atoms with Crippen LogP contribution >= 0.6 is 15.9 Å². The molecule has 3 aromatic rings. The number of aliphatic hydroxyl groups excluding tert-OH is 3. The van der Waals surface area contributed by atoms with Crippen molar-refractivity contribution in [2.75, 3.05) is 26.4 Å². The molecule has 0 aromatic heterocycles. The highest BCUT2D eigenvalue weighted by molar-refractivity contribution is 9.10. The Bertz CT molecular complexity index is 1420. The Kier molecular flexibility index (Phi) is 10.9. The van der Waals surface area contributed by atoms with Crippen molar-refractivity contribution in [2.24, 2.45) is 10.1 Å². The molecule has 0 spiro atoms. The van der Waals surface area contributed by atoms with Gasteiger partial charge in [-0.1, -0.05) is 57.4 Å². The standard InChI is InChI=1S/C30H32BrN5O6/c31-23-10-6-20(7-11-23)16-30(29(40)34-24(18-38)19-39)27(26-5-2-1-4-22(26)17-33-36-32)42-28(35-30)21-8-12-25(13-9-21)41-15-3-14-37/h1-2,4-13,24,27,37-39H,3,14-19H2,(H,34,40)/t27-,30-/m1/s1. The summed E-state index contributed by atoms with van der Waals surface area (Å²) in [6, 6.07) is 20.9. The molecule has 0 unspecified atom stereocenters. The Morgan fingerprint density at radius 2 is 1.81 bits per heavy atom. The van der Waals surface area contributed by atoms with Gasteiger partial charge in [-0.2, -0.15) is 0 Å². The number of nitrogens with zero attached hydrogens (tertiary/aromatic N) is 4. The second kappa shape index (κ2) is 14.8. The van der Waals surface area contributed by atoms with Crippen molar-refractivity contribution in [1.29, 1.82) is 0 Å². The lowest BCUT2D eigenvalue weighted by molar-refractivity contribution is -0.130. The molecule has 4 N–H and O–H groups in total. The number of aliphatic imine (C=N–C) groups is 1. The van der Waals surface area contributed by atoms with E-state index in [2.05, 4.69) is 31.3 Å². The molecule has 0 bridgehead atoms. The van der Waals surface area contributed by atoms with Gasteiger partial charge in [-0.15, -0.1) is 0 Å². The van der Waals surface area contributed by atoms with E-state index in [1.54, 1.807) is 36.4 Å². The van der Waals surface area contributed by atoms with Crippen LogP contribution in [0.15, 0.2) is 87.4 Å². The van der Waals surface area contributed by atoms with Gasteiger partial charge >= 0.3 is 0 Å². The first-order valence-electron chi connectivity index (χ1n) is 13.4. The molecule has 0 saturated carbocycles. The molecule has 1 heterocycles. The number of hydrogen-bond donors (Lipinski definition) is 4. The van der Waals surface area contributed by atoms with Crippen LogP contribution in [0.4, 0.5) is 0 Å². The number of carbonyl (C=O) groups is 1. The average Bonchev–Trinajstić information content (AvgIpc) is 3.40. The van der Waals surface area contributed by atoms with Crippen LogP contribution in [-0.2, 0) is 22.5 Å². The van der Waals surface area contributed by atoms with E-state index in [-0.39, 0.29) is 25.5 Å². The second-order valence-electron chi connectivity index (χ2n) is 9.72. The fourth-order valence-electron chi connectivity index (χ4n) is 4.67. The average molecular weight is 639 g/mol. The molecule has 220 valence electrons. The van der Waals surface area contributed by atoms with E-state index in [0.29, 0.717) is 35.5 Å². The van der Waals surface area contributed by atoms with Crippen LogP contribution < -0.4 is 10.1 Å². The number of rotatable bonds is 14. The van der Waals surface area contributed by atoms with Gasteiger partial charge in [0.15, 0.2) is 11.6 Å². The molecule has 4 rings (SSSR count). The van der Waals surface area contributed by atoms with Crippen LogP contribution in [0.1, 0.15) is 34.8 Å². The molecular weight excluding hydrogens is 606 g/mol. The maximum absolute atomic E-state index is 14.2. The summed E-state index contributed by atoms with van der Waals surface area (Å²) in [4.78, 5) is 22.0. The molecule has 0 fully saturated rings. The van der Waals surface area contributed by atoms with Crippen LogP contribution in [0, 0.1) is 0 Å². The van der Waals surface area contributed by atoms with Crippen molar-refractivity contribution in [3.05, 3.63) is 110 Å². The van der Waals surface area contributed by atoms with Gasteiger partial charge in [0.1, 0.15) is 5.75 Å². The van der Waals surface area contributed by atoms with E-state index < -0.39 is 36.8 Å². The number of aliphatic hydroxyl groups is 3. The summed E-state index contributed by atoms with van der Waals surface area (Å²) in [5.74, 6) is 0.285. The smallest absolute Gasteiger partial charge is 0.253 e. The van der Waals surface area contributed by atoms with Gasteiger partial charge in [-0.3, -0.25) is 4.79 Å². The van der Waals surface area contributed by atoms with E-state index in [1.165, 1.54) is 0 Å². The van der Waals surface area contributed by atoms with Crippen molar-refractivity contribution in [3.8, 4) is 5.75 Å². The minimum atomic E-state index is -1.56. The number of ether oxygens (including phenoxy) is 2. The van der Waals surface area contributed by atoms with E-state index >= 15 is 0 Å². The van der Waals surface area contributed by atoms with E-state index in [0.717, 1.165) is 10.0 Å². The summed E-state index contributed by atoms with van der Waals surface area (Å²) in [5.41, 5.74) is 10.1. The van der Waals surface area contributed by atoms with Gasteiger partial charge in [0.2, 0.25) is 5.90 Å². The fraction of sp³-hybridized carbons (Fsp3) is 0.333. The quantitative estimate of drug-likeness (QED) is 0.0901. The second-order valence-corrected chi connectivity index (χ2v) is 10.6. The van der Waals surface area contributed by atoms with Crippen molar-refractivity contribution in [3.63, 3.8) is 0 Å². The summed E-state index contributed by atoms with van der Waals surface area (Å²) < 4.78 is 13.0. The van der Waals surface area contributed by atoms with Crippen LogP contribution in [0.25, 0.3) is 10.4 Å². The first-order chi connectivity index (χ1) is 20.4. The Morgan fingerprint density at radius 1 is 1.10 bits per heavy atom. The minimum Gasteiger partial charge on any atom is -0.494 e. The molecule has 11 nitrogen and oxygen atoms in total. The molecule has 1 aliphatic rings. The van der Waals surface area contributed by atoms with Gasteiger partial charge < -0.3 is 30.1 Å².